The number of aryl methyl sites for hydroxylation is 1. The molecule has 1 aliphatic rings. The number of rotatable bonds is 1. The highest BCUT2D eigenvalue weighted by atomic mass is 16.5. The van der Waals surface area contributed by atoms with Gasteiger partial charge in [-0.05, 0) is 30.2 Å². The molecule has 1 aromatic heterocycles. The zero-order valence-corrected chi connectivity index (χ0v) is 9.73. The Balaban J connectivity index is 2.19. The first-order valence-electron chi connectivity index (χ1n) is 5.73. The van der Waals surface area contributed by atoms with Crippen molar-refractivity contribution in [3.8, 4) is 17.0 Å². The van der Waals surface area contributed by atoms with Gasteiger partial charge in [0.25, 0.3) is 0 Å². The van der Waals surface area contributed by atoms with Crippen LogP contribution in [0.2, 0.25) is 0 Å². The van der Waals surface area contributed by atoms with Gasteiger partial charge in [-0.3, -0.25) is 4.98 Å². The number of anilines is 1. The van der Waals surface area contributed by atoms with Gasteiger partial charge in [0.15, 0.2) is 0 Å². The molecule has 17 heavy (non-hydrogen) atoms. The summed E-state index contributed by atoms with van der Waals surface area (Å²) < 4.78 is 5.70. The number of aromatic nitrogens is 1. The number of nitrogen functional groups attached to an aromatic ring is 1. The molecule has 2 heterocycles. The van der Waals surface area contributed by atoms with E-state index in [0.717, 1.165) is 35.6 Å². The summed E-state index contributed by atoms with van der Waals surface area (Å²) in [7, 11) is 0. The highest BCUT2D eigenvalue weighted by molar-refractivity contribution is 5.73. The van der Waals surface area contributed by atoms with Crippen molar-refractivity contribution in [2.45, 2.75) is 13.3 Å². The molecule has 0 bridgehead atoms. The molecule has 0 aliphatic carbocycles. The molecule has 0 atom stereocenters. The Hall–Kier alpha value is -2.03. The van der Waals surface area contributed by atoms with Crippen LogP contribution in [0.3, 0.4) is 0 Å². The van der Waals surface area contributed by atoms with Crippen LogP contribution in [0.5, 0.6) is 5.75 Å². The number of benzene rings is 1. The summed E-state index contributed by atoms with van der Waals surface area (Å²) in [6, 6.07) is 8.16. The van der Waals surface area contributed by atoms with E-state index in [-0.39, 0.29) is 0 Å². The zero-order chi connectivity index (χ0) is 11.8. The van der Waals surface area contributed by atoms with Gasteiger partial charge >= 0.3 is 0 Å². The Bertz CT molecular complexity index is 578. The fourth-order valence-corrected chi connectivity index (χ4v) is 2.28. The molecule has 1 aromatic carbocycles. The quantitative estimate of drug-likeness (QED) is 0.813. The topological polar surface area (TPSA) is 48.1 Å². The molecule has 0 spiro atoms. The van der Waals surface area contributed by atoms with Gasteiger partial charge in [-0.15, -0.1) is 0 Å². The zero-order valence-electron chi connectivity index (χ0n) is 9.73. The first-order valence-corrected chi connectivity index (χ1v) is 5.73. The van der Waals surface area contributed by atoms with E-state index in [1.54, 1.807) is 6.20 Å². The molecular weight excluding hydrogens is 212 g/mol. The molecule has 0 unspecified atom stereocenters. The Morgan fingerprint density at radius 1 is 1.35 bits per heavy atom. The summed E-state index contributed by atoms with van der Waals surface area (Å²) in [6.07, 6.45) is 2.67. The molecule has 2 aromatic rings. The van der Waals surface area contributed by atoms with Crippen LogP contribution in [0.15, 0.2) is 30.5 Å². The largest absolute Gasteiger partial charge is 0.492 e. The van der Waals surface area contributed by atoms with E-state index < -0.39 is 0 Å². The van der Waals surface area contributed by atoms with Crippen LogP contribution < -0.4 is 10.5 Å². The minimum atomic E-state index is 0.694. The molecule has 1 aliphatic heterocycles. The summed E-state index contributed by atoms with van der Waals surface area (Å²) in [6.45, 7) is 2.79. The van der Waals surface area contributed by atoms with Gasteiger partial charge in [0.1, 0.15) is 5.75 Å². The van der Waals surface area contributed by atoms with Crippen LogP contribution >= 0.6 is 0 Å². The van der Waals surface area contributed by atoms with E-state index in [2.05, 4.69) is 23.2 Å². The lowest BCUT2D eigenvalue weighted by atomic mass is 10.0. The molecule has 0 saturated carbocycles. The second-order valence-corrected chi connectivity index (χ2v) is 4.33. The van der Waals surface area contributed by atoms with E-state index in [4.69, 9.17) is 10.5 Å². The summed E-state index contributed by atoms with van der Waals surface area (Å²) in [5, 5.41) is 0. The third kappa shape index (κ3) is 1.64. The maximum Gasteiger partial charge on any atom is 0.132 e. The Labute approximate surface area is 100 Å². The Kier molecular flexibility index (Phi) is 2.25. The number of nitrogens with two attached hydrogens (primary N) is 1. The highest BCUT2D eigenvalue weighted by Crippen LogP contribution is 2.37. The van der Waals surface area contributed by atoms with Gasteiger partial charge in [0.2, 0.25) is 0 Å². The van der Waals surface area contributed by atoms with E-state index in [1.165, 1.54) is 5.56 Å². The maximum atomic E-state index is 5.72. The van der Waals surface area contributed by atoms with E-state index in [0.29, 0.717) is 5.69 Å². The van der Waals surface area contributed by atoms with Gasteiger partial charge in [-0.25, -0.2) is 0 Å². The SMILES string of the molecule is Cc1cc(N)cnc1-c1cccc2c1OCC2. The first kappa shape index (κ1) is 10.1. The summed E-state index contributed by atoms with van der Waals surface area (Å²) in [5.74, 6) is 0.980. The monoisotopic (exact) mass is 226 g/mol. The summed E-state index contributed by atoms with van der Waals surface area (Å²) in [5.41, 5.74) is 10.8. The van der Waals surface area contributed by atoms with Gasteiger partial charge in [0.05, 0.1) is 24.2 Å². The van der Waals surface area contributed by atoms with Crippen LogP contribution in [0, 0.1) is 6.92 Å². The number of hydrogen-bond acceptors (Lipinski definition) is 3. The maximum absolute atomic E-state index is 5.72. The number of hydrogen-bond donors (Lipinski definition) is 1. The van der Waals surface area contributed by atoms with Crippen molar-refractivity contribution in [1.82, 2.24) is 4.98 Å². The number of pyridine rings is 1. The fraction of sp³-hybridized carbons (Fsp3) is 0.214. The Morgan fingerprint density at radius 2 is 2.24 bits per heavy atom. The second-order valence-electron chi connectivity index (χ2n) is 4.33. The average molecular weight is 226 g/mol. The van der Waals surface area contributed by atoms with Gasteiger partial charge in [-0.2, -0.15) is 0 Å². The Morgan fingerprint density at radius 3 is 3.06 bits per heavy atom. The van der Waals surface area contributed by atoms with Crippen molar-refractivity contribution in [2.24, 2.45) is 0 Å². The van der Waals surface area contributed by atoms with Crippen molar-refractivity contribution in [3.05, 3.63) is 41.6 Å². The van der Waals surface area contributed by atoms with E-state index in [1.807, 2.05) is 13.0 Å². The van der Waals surface area contributed by atoms with Crippen molar-refractivity contribution in [1.29, 1.82) is 0 Å². The molecule has 86 valence electrons. The smallest absolute Gasteiger partial charge is 0.132 e. The third-order valence-electron chi connectivity index (χ3n) is 3.07. The van der Waals surface area contributed by atoms with Crippen LogP contribution in [-0.2, 0) is 6.42 Å². The lowest BCUT2D eigenvalue weighted by Crippen LogP contribution is -1.95. The normalized spacial score (nSPS) is 13.2. The third-order valence-corrected chi connectivity index (χ3v) is 3.07. The van der Waals surface area contributed by atoms with Gasteiger partial charge < -0.3 is 10.5 Å². The van der Waals surface area contributed by atoms with Crippen LogP contribution in [0.4, 0.5) is 5.69 Å². The molecule has 2 N–H and O–H groups in total. The minimum Gasteiger partial charge on any atom is -0.492 e. The van der Waals surface area contributed by atoms with E-state index in [9.17, 15) is 0 Å². The second kappa shape index (κ2) is 3.77. The summed E-state index contributed by atoms with van der Waals surface area (Å²) in [4.78, 5) is 4.42. The number of fused-ring (bicyclic) bond motifs is 1. The van der Waals surface area contributed by atoms with Crippen molar-refractivity contribution in [2.75, 3.05) is 12.3 Å². The number of ether oxygens (including phenoxy) is 1. The van der Waals surface area contributed by atoms with Crippen molar-refractivity contribution in [3.63, 3.8) is 0 Å². The van der Waals surface area contributed by atoms with Crippen LogP contribution in [0.1, 0.15) is 11.1 Å². The molecule has 0 saturated heterocycles. The van der Waals surface area contributed by atoms with Crippen LogP contribution in [-0.4, -0.2) is 11.6 Å². The minimum absolute atomic E-state index is 0.694. The van der Waals surface area contributed by atoms with Gasteiger partial charge in [0, 0.05) is 12.0 Å². The first-order chi connectivity index (χ1) is 8.25. The van der Waals surface area contributed by atoms with Crippen molar-refractivity contribution < 1.29 is 4.74 Å². The highest BCUT2D eigenvalue weighted by Gasteiger charge is 2.18. The lowest BCUT2D eigenvalue weighted by Gasteiger charge is -2.10. The predicted octanol–water partition coefficient (Wildman–Crippen LogP) is 2.57. The average Bonchev–Trinajstić information content (AvgIpc) is 2.77. The molecule has 3 nitrogen and oxygen atoms in total. The molecule has 0 radical (unpaired) electrons. The molecule has 0 amide bonds. The molecule has 0 fully saturated rings. The van der Waals surface area contributed by atoms with Crippen LogP contribution in [0.25, 0.3) is 11.3 Å². The molecular formula is C14H14N2O. The van der Waals surface area contributed by atoms with Gasteiger partial charge in [-0.1, -0.05) is 12.1 Å². The summed E-state index contributed by atoms with van der Waals surface area (Å²) >= 11 is 0. The number of para-hydroxylation sites is 1. The lowest BCUT2D eigenvalue weighted by molar-refractivity contribution is 0.358. The fourth-order valence-electron chi connectivity index (χ4n) is 2.28. The number of nitrogens with zero attached hydrogens (tertiary/aromatic N) is 1. The predicted molar refractivity (Wildman–Crippen MR) is 68.0 cm³/mol. The molecule has 3 heteroatoms. The van der Waals surface area contributed by atoms with Crippen molar-refractivity contribution >= 4 is 5.69 Å². The van der Waals surface area contributed by atoms with E-state index >= 15 is 0 Å². The molecule has 3 rings (SSSR count). The standard InChI is InChI=1S/C14H14N2O/c1-9-7-11(15)8-16-13(9)12-4-2-3-10-5-6-17-14(10)12/h2-4,7-8H,5-6,15H2,1H3.